The van der Waals surface area contributed by atoms with Crippen molar-refractivity contribution < 1.29 is 4.79 Å². The van der Waals surface area contributed by atoms with Gasteiger partial charge in [-0.05, 0) is 37.5 Å². The summed E-state index contributed by atoms with van der Waals surface area (Å²) in [5, 5.41) is 0. The van der Waals surface area contributed by atoms with E-state index in [1.807, 2.05) is 48.0 Å². The first kappa shape index (κ1) is 12.9. The number of hydrogen-bond donors (Lipinski definition) is 0. The van der Waals surface area contributed by atoms with Crippen molar-refractivity contribution in [1.29, 1.82) is 0 Å². The maximum absolute atomic E-state index is 12.8. The van der Waals surface area contributed by atoms with Crippen molar-refractivity contribution in [1.82, 2.24) is 14.5 Å². The number of carbonyl (C=O) groups is 1. The number of amides is 1. The molecule has 1 atom stereocenters. The highest BCUT2D eigenvalue weighted by Gasteiger charge is 2.31. The van der Waals surface area contributed by atoms with E-state index in [4.69, 9.17) is 0 Å². The maximum atomic E-state index is 12.8. The highest BCUT2D eigenvalue weighted by molar-refractivity contribution is 5.95. The topological polar surface area (TPSA) is 38.1 Å². The number of aryl methyl sites for hydroxylation is 1. The summed E-state index contributed by atoms with van der Waals surface area (Å²) < 4.78 is 1.99. The van der Waals surface area contributed by atoms with Gasteiger partial charge in [0.1, 0.15) is 0 Å². The Morgan fingerprint density at radius 2 is 2.25 bits per heavy atom. The van der Waals surface area contributed by atoms with Gasteiger partial charge in [0.15, 0.2) is 0 Å². The molecule has 0 aromatic carbocycles. The zero-order valence-corrected chi connectivity index (χ0v) is 11.9. The van der Waals surface area contributed by atoms with Crippen molar-refractivity contribution in [3.8, 4) is 0 Å². The van der Waals surface area contributed by atoms with Crippen LogP contribution in [0.5, 0.6) is 0 Å². The van der Waals surface area contributed by atoms with Crippen LogP contribution in [-0.4, -0.2) is 26.9 Å². The Morgan fingerprint density at radius 3 is 2.90 bits per heavy atom. The Bertz CT molecular complexity index is 618. The standard InChI is InChI=1S/C16H19N3O/c1-12-14(7-10-18(12)2)16(20)19-9-4-6-15(19)13-5-3-8-17-11-13/h3,5,7-8,10-11,15H,4,6,9H2,1-2H3. The van der Waals surface area contributed by atoms with E-state index in [2.05, 4.69) is 11.1 Å². The fourth-order valence-corrected chi connectivity index (χ4v) is 2.92. The second-order valence-corrected chi connectivity index (χ2v) is 5.37. The molecule has 2 aromatic rings. The van der Waals surface area contributed by atoms with E-state index < -0.39 is 0 Å². The van der Waals surface area contributed by atoms with Crippen molar-refractivity contribution in [3.63, 3.8) is 0 Å². The second-order valence-electron chi connectivity index (χ2n) is 5.37. The van der Waals surface area contributed by atoms with Gasteiger partial charge in [0.05, 0.1) is 11.6 Å². The Balaban J connectivity index is 1.89. The highest BCUT2D eigenvalue weighted by Crippen LogP contribution is 2.33. The summed E-state index contributed by atoms with van der Waals surface area (Å²) in [6.07, 6.45) is 7.65. The zero-order valence-electron chi connectivity index (χ0n) is 11.9. The van der Waals surface area contributed by atoms with E-state index in [1.54, 1.807) is 6.20 Å². The van der Waals surface area contributed by atoms with Crippen LogP contribution in [0.3, 0.4) is 0 Å². The van der Waals surface area contributed by atoms with E-state index in [1.165, 1.54) is 0 Å². The lowest BCUT2D eigenvalue weighted by Crippen LogP contribution is -2.30. The first-order valence-corrected chi connectivity index (χ1v) is 7.01. The molecule has 4 nitrogen and oxygen atoms in total. The average Bonchev–Trinajstić information content (AvgIpc) is 3.08. The van der Waals surface area contributed by atoms with Crippen molar-refractivity contribution in [3.05, 3.63) is 53.6 Å². The van der Waals surface area contributed by atoms with Gasteiger partial charge in [0, 0.05) is 37.9 Å². The van der Waals surface area contributed by atoms with E-state index in [0.717, 1.165) is 36.2 Å². The molecule has 0 saturated carbocycles. The number of pyridine rings is 1. The molecule has 1 amide bonds. The largest absolute Gasteiger partial charge is 0.354 e. The molecule has 0 spiro atoms. The van der Waals surface area contributed by atoms with Crippen molar-refractivity contribution in [2.24, 2.45) is 7.05 Å². The van der Waals surface area contributed by atoms with Gasteiger partial charge in [-0.25, -0.2) is 0 Å². The summed E-state index contributed by atoms with van der Waals surface area (Å²) in [6, 6.07) is 6.07. The summed E-state index contributed by atoms with van der Waals surface area (Å²) in [7, 11) is 1.97. The van der Waals surface area contributed by atoms with Gasteiger partial charge in [-0.1, -0.05) is 6.07 Å². The zero-order chi connectivity index (χ0) is 14.1. The molecule has 3 heterocycles. The molecular formula is C16H19N3O. The number of hydrogen-bond acceptors (Lipinski definition) is 2. The maximum Gasteiger partial charge on any atom is 0.256 e. The molecule has 0 radical (unpaired) electrons. The number of likely N-dealkylation sites (tertiary alicyclic amines) is 1. The van der Waals surface area contributed by atoms with Crippen LogP contribution in [0.15, 0.2) is 36.8 Å². The van der Waals surface area contributed by atoms with E-state index in [9.17, 15) is 4.79 Å². The molecule has 4 heteroatoms. The fourth-order valence-electron chi connectivity index (χ4n) is 2.92. The molecule has 1 unspecified atom stereocenters. The third-order valence-corrected chi connectivity index (χ3v) is 4.20. The minimum atomic E-state index is 0.134. The average molecular weight is 269 g/mol. The number of aromatic nitrogens is 2. The van der Waals surface area contributed by atoms with Crippen LogP contribution in [0, 0.1) is 6.92 Å². The van der Waals surface area contributed by atoms with Gasteiger partial charge in [-0.3, -0.25) is 9.78 Å². The van der Waals surface area contributed by atoms with E-state index in [-0.39, 0.29) is 11.9 Å². The Morgan fingerprint density at radius 1 is 1.40 bits per heavy atom. The summed E-state index contributed by atoms with van der Waals surface area (Å²) >= 11 is 0. The molecule has 0 aliphatic carbocycles. The number of rotatable bonds is 2. The van der Waals surface area contributed by atoms with Crippen LogP contribution < -0.4 is 0 Å². The molecule has 2 aromatic heterocycles. The van der Waals surface area contributed by atoms with E-state index >= 15 is 0 Å². The summed E-state index contributed by atoms with van der Waals surface area (Å²) in [5.74, 6) is 0.134. The van der Waals surface area contributed by atoms with Crippen LogP contribution in [-0.2, 0) is 7.05 Å². The lowest BCUT2D eigenvalue weighted by atomic mass is 10.1. The van der Waals surface area contributed by atoms with Gasteiger partial charge >= 0.3 is 0 Å². The quantitative estimate of drug-likeness (QED) is 0.840. The lowest BCUT2D eigenvalue weighted by Gasteiger charge is -2.25. The number of nitrogens with zero attached hydrogens (tertiary/aromatic N) is 3. The predicted molar refractivity (Wildman–Crippen MR) is 77.4 cm³/mol. The van der Waals surface area contributed by atoms with Crippen LogP contribution in [0.4, 0.5) is 0 Å². The van der Waals surface area contributed by atoms with Crippen molar-refractivity contribution in [2.45, 2.75) is 25.8 Å². The lowest BCUT2D eigenvalue weighted by molar-refractivity contribution is 0.0734. The van der Waals surface area contributed by atoms with Crippen LogP contribution in [0.25, 0.3) is 0 Å². The van der Waals surface area contributed by atoms with Gasteiger partial charge in [0.25, 0.3) is 5.91 Å². The summed E-state index contributed by atoms with van der Waals surface area (Å²) in [6.45, 7) is 2.81. The smallest absolute Gasteiger partial charge is 0.256 e. The van der Waals surface area contributed by atoms with Crippen molar-refractivity contribution >= 4 is 5.91 Å². The van der Waals surface area contributed by atoms with E-state index in [0.29, 0.717) is 0 Å². The minimum Gasteiger partial charge on any atom is -0.354 e. The minimum absolute atomic E-state index is 0.134. The molecule has 104 valence electrons. The molecule has 1 aliphatic heterocycles. The summed E-state index contributed by atoms with van der Waals surface area (Å²) in [4.78, 5) is 18.9. The molecule has 0 N–H and O–H groups in total. The van der Waals surface area contributed by atoms with Crippen LogP contribution in [0.2, 0.25) is 0 Å². The van der Waals surface area contributed by atoms with Gasteiger partial charge in [0.2, 0.25) is 0 Å². The Labute approximate surface area is 119 Å². The van der Waals surface area contributed by atoms with Crippen molar-refractivity contribution in [2.75, 3.05) is 6.54 Å². The summed E-state index contributed by atoms with van der Waals surface area (Å²) in [5.41, 5.74) is 2.96. The normalized spacial score (nSPS) is 18.5. The number of carbonyl (C=O) groups excluding carboxylic acids is 1. The molecule has 20 heavy (non-hydrogen) atoms. The molecule has 1 saturated heterocycles. The first-order chi connectivity index (χ1) is 9.68. The molecule has 1 fully saturated rings. The third kappa shape index (κ3) is 2.11. The fraction of sp³-hybridized carbons (Fsp3) is 0.375. The van der Waals surface area contributed by atoms with Gasteiger partial charge in [-0.15, -0.1) is 0 Å². The molecule has 3 rings (SSSR count). The van der Waals surface area contributed by atoms with Gasteiger partial charge in [-0.2, -0.15) is 0 Å². The monoisotopic (exact) mass is 269 g/mol. The third-order valence-electron chi connectivity index (χ3n) is 4.20. The molecule has 1 aliphatic rings. The molecular weight excluding hydrogens is 250 g/mol. The molecule has 0 bridgehead atoms. The second kappa shape index (κ2) is 5.12. The van der Waals surface area contributed by atoms with Crippen LogP contribution in [0.1, 0.15) is 40.5 Å². The SMILES string of the molecule is Cc1c(C(=O)N2CCCC2c2cccnc2)ccn1C. The van der Waals surface area contributed by atoms with Gasteiger partial charge < -0.3 is 9.47 Å². The van der Waals surface area contributed by atoms with Crippen LogP contribution >= 0.6 is 0 Å². The Kier molecular flexibility index (Phi) is 3.30. The highest BCUT2D eigenvalue weighted by atomic mass is 16.2. The predicted octanol–water partition coefficient (Wildman–Crippen LogP) is 2.71. The first-order valence-electron chi connectivity index (χ1n) is 7.01. The Hall–Kier alpha value is -2.10.